The van der Waals surface area contributed by atoms with E-state index < -0.39 is 6.03 Å². The SMILES string of the molecule is C[C@@H](SC1CCCCC1)C(=O)NC(N)=O. The molecule has 0 heterocycles. The van der Waals surface area contributed by atoms with Crippen molar-refractivity contribution in [1.82, 2.24) is 5.32 Å². The molecule has 86 valence electrons. The summed E-state index contributed by atoms with van der Waals surface area (Å²) >= 11 is 1.65. The summed E-state index contributed by atoms with van der Waals surface area (Å²) in [6.45, 7) is 1.82. The third-order valence-corrected chi connectivity index (χ3v) is 4.04. The fraction of sp³-hybridized carbons (Fsp3) is 0.800. The summed E-state index contributed by atoms with van der Waals surface area (Å²) in [5, 5.41) is 2.48. The number of urea groups is 1. The van der Waals surface area contributed by atoms with Crippen molar-refractivity contribution in [1.29, 1.82) is 0 Å². The van der Waals surface area contributed by atoms with E-state index >= 15 is 0 Å². The smallest absolute Gasteiger partial charge is 0.318 e. The first kappa shape index (κ1) is 12.4. The van der Waals surface area contributed by atoms with E-state index in [2.05, 4.69) is 5.32 Å². The van der Waals surface area contributed by atoms with Crippen LogP contribution in [0.1, 0.15) is 39.0 Å². The monoisotopic (exact) mass is 230 g/mol. The molecule has 1 saturated carbocycles. The van der Waals surface area contributed by atoms with Crippen LogP contribution in [0.25, 0.3) is 0 Å². The van der Waals surface area contributed by atoms with Gasteiger partial charge in [-0.3, -0.25) is 10.1 Å². The van der Waals surface area contributed by atoms with Crippen LogP contribution in [0.2, 0.25) is 0 Å². The molecule has 15 heavy (non-hydrogen) atoms. The van der Waals surface area contributed by atoms with Gasteiger partial charge in [0.15, 0.2) is 0 Å². The van der Waals surface area contributed by atoms with Gasteiger partial charge in [-0.05, 0) is 19.8 Å². The lowest BCUT2D eigenvalue weighted by Crippen LogP contribution is -2.40. The van der Waals surface area contributed by atoms with Gasteiger partial charge in [0, 0.05) is 5.25 Å². The average Bonchev–Trinajstić information content (AvgIpc) is 2.18. The summed E-state index contributed by atoms with van der Waals surface area (Å²) < 4.78 is 0. The summed E-state index contributed by atoms with van der Waals surface area (Å²) in [7, 11) is 0. The van der Waals surface area contributed by atoms with Crippen molar-refractivity contribution in [3.05, 3.63) is 0 Å². The van der Waals surface area contributed by atoms with Crippen molar-refractivity contribution in [3.8, 4) is 0 Å². The summed E-state index contributed by atoms with van der Waals surface area (Å²) in [5.74, 6) is -0.280. The molecule has 1 aliphatic rings. The molecule has 1 atom stereocenters. The van der Waals surface area contributed by atoms with Gasteiger partial charge in [0.25, 0.3) is 0 Å². The van der Waals surface area contributed by atoms with Gasteiger partial charge in [-0.15, -0.1) is 11.8 Å². The number of primary amides is 1. The van der Waals surface area contributed by atoms with Crippen LogP contribution >= 0.6 is 11.8 Å². The number of hydrogen-bond acceptors (Lipinski definition) is 3. The molecular formula is C10H18N2O2S. The molecule has 0 aromatic heterocycles. The Morgan fingerprint density at radius 1 is 1.33 bits per heavy atom. The maximum atomic E-state index is 11.4. The van der Waals surface area contributed by atoms with Crippen LogP contribution in [0, 0.1) is 0 Å². The predicted octanol–water partition coefficient (Wildman–Crippen LogP) is 1.64. The molecule has 0 radical (unpaired) electrons. The van der Waals surface area contributed by atoms with Crippen LogP contribution < -0.4 is 11.1 Å². The molecule has 0 spiro atoms. The second kappa shape index (κ2) is 6.00. The van der Waals surface area contributed by atoms with Gasteiger partial charge < -0.3 is 5.73 Å². The number of nitrogens with one attached hydrogen (secondary N) is 1. The predicted molar refractivity (Wildman–Crippen MR) is 61.7 cm³/mol. The first-order chi connectivity index (χ1) is 7.09. The molecule has 0 bridgehead atoms. The van der Waals surface area contributed by atoms with Crippen molar-refractivity contribution in [2.75, 3.05) is 0 Å². The minimum atomic E-state index is -0.768. The first-order valence-corrected chi connectivity index (χ1v) is 6.29. The molecule has 0 saturated heterocycles. The number of nitrogens with two attached hydrogens (primary N) is 1. The molecule has 1 fully saturated rings. The van der Waals surface area contributed by atoms with E-state index in [1.807, 2.05) is 6.92 Å². The standard InChI is InChI=1S/C10H18N2O2S/c1-7(9(13)12-10(11)14)15-8-5-3-2-4-6-8/h7-8H,2-6H2,1H3,(H3,11,12,13,14)/t7-/m1/s1. The van der Waals surface area contributed by atoms with Gasteiger partial charge in [0.1, 0.15) is 0 Å². The Labute approximate surface area is 94.4 Å². The van der Waals surface area contributed by atoms with Crippen LogP contribution in [0.3, 0.4) is 0 Å². The lowest BCUT2D eigenvalue weighted by molar-refractivity contribution is -0.119. The summed E-state index contributed by atoms with van der Waals surface area (Å²) in [4.78, 5) is 21.9. The molecule has 4 nitrogen and oxygen atoms in total. The van der Waals surface area contributed by atoms with Gasteiger partial charge >= 0.3 is 6.03 Å². The molecule has 3 amide bonds. The van der Waals surface area contributed by atoms with Crippen molar-refractivity contribution in [3.63, 3.8) is 0 Å². The summed E-state index contributed by atoms with van der Waals surface area (Å²) in [5.41, 5.74) is 4.88. The highest BCUT2D eigenvalue weighted by Gasteiger charge is 2.21. The second-order valence-electron chi connectivity index (χ2n) is 3.89. The Bertz CT molecular complexity index is 240. The summed E-state index contributed by atoms with van der Waals surface area (Å²) in [6, 6.07) is -0.768. The van der Waals surface area contributed by atoms with Crippen LogP contribution in [0.5, 0.6) is 0 Å². The van der Waals surface area contributed by atoms with E-state index in [0.717, 1.165) is 0 Å². The third kappa shape index (κ3) is 4.55. The van der Waals surface area contributed by atoms with Crippen molar-refractivity contribution in [2.45, 2.75) is 49.5 Å². The Hall–Kier alpha value is -0.710. The number of carbonyl (C=O) groups is 2. The van der Waals surface area contributed by atoms with E-state index in [-0.39, 0.29) is 11.2 Å². The molecule has 0 aromatic carbocycles. The first-order valence-electron chi connectivity index (χ1n) is 5.35. The van der Waals surface area contributed by atoms with Crippen LogP contribution in [-0.2, 0) is 4.79 Å². The highest BCUT2D eigenvalue weighted by atomic mass is 32.2. The zero-order valence-corrected chi connectivity index (χ0v) is 9.81. The second-order valence-corrected chi connectivity index (χ2v) is 5.54. The van der Waals surface area contributed by atoms with Gasteiger partial charge in [-0.1, -0.05) is 19.3 Å². The lowest BCUT2D eigenvalue weighted by atomic mass is 10.0. The zero-order chi connectivity index (χ0) is 11.3. The molecule has 3 N–H and O–H groups in total. The van der Waals surface area contributed by atoms with E-state index in [1.54, 1.807) is 11.8 Å². The Morgan fingerprint density at radius 3 is 2.47 bits per heavy atom. The number of rotatable bonds is 3. The molecule has 1 aliphatic carbocycles. The number of amides is 3. The van der Waals surface area contributed by atoms with Crippen molar-refractivity contribution >= 4 is 23.7 Å². The quantitative estimate of drug-likeness (QED) is 0.774. The maximum absolute atomic E-state index is 11.4. The highest BCUT2D eigenvalue weighted by molar-refractivity contribution is 8.01. The minimum absolute atomic E-state index is 0.194. The largest absolute Gasteiger partial charge is 0.351 e. The van der Waals surface area contributed by atoms with E-state index in [4.69, 9.17) is 5.73 Å². The van der Waals surface area contributed by atoms with E-state index in [9.17, 15) is 9.59 Å². The molecule has 1 rings (SSSR count). The lowest BCUT2D eigenvalue weighted by Gasteiger charge is -2.23. The number of imide groups is 1. The topological polar surface area (TPSA) is 72.2 Å². The van der Waals surface area contributed by atoms with Crippen molar-refractivity contribution in [2.24, 2.45) is 5.73 Å². The molecule has 0 aliphatic heterocycles. The number of hydrogen-bond donors (Lipinski definition) is 2. The van der Waals surface area contributed by atoms with Crippen LogP contribution in [0.15, 0.2) is 0 Å². The maximum Gasteiger partial charge on any atom is 0.318 e. The van der Waals surface area contributed by atoms with Gasteiger partial charge in [-0.25, -0.2) is 4.79 Å². The van der Waals surface area contributed by atoms with Crippen LogP contribution in [0.4, 0.5) is 4.79 Å². The minimum Gasteiger partial charge on any atom is -0.351 e. The molecule has 5 heteroatoms. The third-order valence-electron chi connectivity index (χ3n) is 2.56. The number of thioether (sulfide) groups is 1. The highest BCUT2D eigenvalue weighted by Crippen LogP contribution is 2.30. The molecule has 0 unspecified atom stereocenters. The van der Waals surface area contributed by atoms with Gasteiger partial charge in [0.2, 0.25) is 5.91 Å². The van der Waals surface area contributed by atoms with Gasteiger partial charge in [-0.2, -0.15) is 0 Å². The Kier molecular flexibility index (Phi) is 4.94. The normalized spacial score (nSPS) is 19.5. The van der Waals surface area contributed by atoms with Crippen molar-refractivity contribution < 1.29 is 9.59 Å². The number of carbonyl (C=O) groups excluding carboxylic acids is 2. The Balaban J connectivity index is 2.29. The average molecular weight is 230 g/mol. The Morgan fingerprint density at radius 2 is 1.93 bits per heavy atom. The van der Waals surface area contributed by atoms with E-state index in [1.165, 1.54) is 32.1 Å². The molecule has 0 aromatic rings. The van der Waals surface area contributed by atoms with Crippen LogP contribution in [-0.4, -0.2) is 22.4 Å². The molecular weight excluding hydrogens is 212 g/mol. The van der Waals surface area contributed by atoms with E-state index in [0.29, 0.717) is 5.25 Å². The summed E-state index contributed by atoms with van der Waals surface area (Å²) in [6.07, 6.45) is 6.17. The zero-order valence-electron chi connectivity index (χ0n) is 8.99. The fourth-order valence-electron chi connectivity index (χ4n) is 1.77. The van der Waals surface area contributed by atoms with Gasteiger partial charge in [0.05, 0.1) is 5.25 Å². The fourth-order valence-corrected chi connectivity index (χ4v) is 3.14.